The molecule has 0 saturated carbocycles. The molecule has 0 spiro atoms. The van der Waals surface area contributed by atoms with E-state index in [1.165, 1.54) is 34.4 Å². The Hall–Kier alpha value is -2.75. The summed E-state index contributed by atoms with van der Waals surface area (Å²) in [5, 5.41) is 13.4. The Morgan fingerprint density at radius 1 is 1.14 bits per heavy atom. The van der Waals surface area contributed by atoms with Gasteiger partial charge in [0.05, 0.1) is 12.3 Å². The molecule has 2 aromatic heterocycles. The van der Waals surface area contributed by atoms with E-state index in [1.54, 1.807) is 10.9 Å². The van der Waals surface area contributed by atoms with Crippen molar-refractivity contribution in [2.75, 3.05) is 11.9 Å². The minimum atomic E-state index is -0.247. The maximum atomic E-state index is 12.7. The number of hydrogen-bond donors (Lipinski definition) is 1. The van der Waals surface area contributed by atoms with Crippen molar-refractivity contribution < 1.29 is 9.53 Å². The summed E-state index contributed by atoms with van der Waals surface area (Å²) in [4.78, 5) is 18.1. The van der Waals surface area contributed by atoms with Gasteiger partial charge in [-0.25, -0.2) is 4.98 Å². The molecular formula is C20H16N4O2S3. The van der Waals surface area contributed by atoms with Gasteiger partial charge in [-0.05, 0) is 43.3 Å². The first-order valence-electron chi connectivity index (χ1n) is 8.76. The van der Waals surface area contributed by atoms with Gasteiger partial charge >= 0.3 is 0 Å². The molecule has 0 radical (unpaired) electrons. The van der Waals surface area contributed by atoms with E-state index in [0.717, 1.165) is 25.6 Å². The largest absolute Gasteiger partial charge is 0.494 e. The quantitative estimate of drug-likeness (QED) is 0.411. The number of anilines is 1. The lowest BCUT2D eigenvalue weighted by Gasteiger charge is -2.08. The number of para-hydroxylation sites is 1. The number of nitrogens with one attached hydrogen (secondary N) is 1. The molecule has 29 heavy (non-hydrogen) atoms. The van der Waals surface area contributed by atoms with Crippen molar-refractivity contribution in [3.8, 4) is 16.3 Å². The maximum Gasteiger partial charge on any atom is 0.275 e. The molecule has 146 valence electrons. The van der Waals surface area contributed by atoms with Gasteiger partial charge in [-0.1, -0.05) is 35.2 Å². The minimum absolute atomic E-state index is 0.247. The Bertz CT molecular complexity index is 1100. The van der Waals surface area contributed by atoms with E-state index in [2.05, 4.69) is 20.5 Å². The third-order valence-corrected chi connectivity index (χ3v) is 6.57. The molecule has 1 N–H and O–H groups in total. The van der Waals surface area contributed by atoms with Crippen molar-refractivity contribution >= 4 is 46.0 Å². The zero-order chi connectivity index (χ0) is 20.1. The Labute approximate surface area is 180 Å². The number of carbonyl (C=O) groups excluding carboxylic acids is 1. The van der Waals surface area contributed by atoms with Crippen molar-refractivity contribution in [1.82, 2.24) is 15.2 Å². The van der Waals surface area contributed by atoms with Crippen LogP contribution in [-0.2, 0) is 0 Å². The molecule has 0 saturated heterocycles. The van der Waals surface area contributed by atoms with Crippen LogP contribution in [0.25, 0.3) is 10.6 Å². The summed E-state index contributed by atoms with van der Waals surface area (Å²) in [7, 11) is 0. The van der Waals surface area contributed by atoms with Gasteiger partial charge in [-0.3, -0.25) is 4.79 Å². The van der Waals surface area contributed by atoms with Crippen LogP contribution in [0, 0.1) is 0 Å². The van der Waals surface area contributed by atoms with Crippen molar-refractivity contribution in [2.45, 2.75) is 16.2 Å². The van der Waals surface area contributed by atoms with Gasteiger partial charge in [0, 0.05) is 15.8 Å². The van der Waals surface area contributed by atoms with Crippen LogP contribution in [0.15, 0.2) is 68.7 Å². The summed E-state index contributed by atoms with van der Waals surface area (Å²) < 4.78 is 6.28. The van der Waals surface area contributed by atoms with Crippen LogP contribution in [-0.4, -0.2) is 27.7 Å². The lowest BCUT2D eigenvalue weighted by molar-refractivity contribution is 0.102. The predicted octanol–water partition coefficient (Wildman–Crippen LogP) is 5.46. The molecule has 0 aliphatic heterocycles. The van der Waals surface area contributed by atoms with Crippen LogP contribution >= 0.6 is 34.4 Å². The first kappa shape index (κ1) is 19.6. The van der Waals surface area contributed by atoms with Crippen LogP contribution in [0.1, 0.15) is 17.4 Å². The van der Waals surface area contributed by atoms with Crippen molar-refractivity contribution in [3.63, 3.8) is 0 Å². The maximum absolute atomic E-state index is 12.7. The number of benzene rings is 2. The summed E-state index contributed by atoms with van der Waals surface area (Å²) in [6.07, 6.45) is 0. The number of rotatable bonds is 7. The van der Waals surface area contributed by atoms with E-state index in [1.807, 2.05) is 55.5 Å². The lowest BCUT2D eigenvalue weighted by Crippen LogP contribution is -2.12. The van der Waals surface area contributed by atoms with Crippen molar-refractivity contribution in [1.29, 1.82) is 0 Å². The predicted molar refractivity (Wildman–Crippen MR) is 117 cm³/mol. The summed E-state index contributed by atoms with van der Waals surface area (Å²) in [5.41, 5.74) is 3.73. The highest BCUT2D eigenvalue weighted by Crippen LogP contribution is 2.34. The molecule has 0 unspecified atom stereocenters. The molecule has 0 bridgehead atoms. The van der Waals surface area contributed by atoms with E-state index in [-0.39, 0.29) is 5.91 Å². The van der Waals surface area contributed by atoms with Crippen molar-refractivity contribution in [2.24, 2.45) is 0 Å². The second-order valence-corrected chi connectivity index (χ2v) is 8.73. The third kappa shape index (κ3) is 4.81. The minimum Gasteiger partial charge on any atom is -0.494 e. The fraction of sp³-hybridized carbons (Fsp3) is 0.100. The highest BCUT2D eigenvalue weighted by atomic mass is 32.2. The second-order valence-electron chi connectivity index (χ2n) is 5.75. The van der Waals surface area contributed by atoms with Gasteiger partial charge in [0.1, 0.15) is 22.0 Å². The van der Waals surface area contributed by atoms with E-state index < -0.39 is 0 Å². The molecule has 4 rings (SSSR count). The van der Waals surface area contributed by atoms with Gasteiger partial charge < -0.3 is 10.1 Å². The van der Waals surface area contributed by atoms with Crippen LogP contribution in [0.4, 0.5) is 5.69 Å². The number of ether oxygens (including phenoxy) is 1. The van der Waals surface area contributed by atoms with Crippen LogP contribution in [0.2, 0.25) is 0 Å². The number of thiazole rings is 1. The SMILES string of the molecule is CCOc1ccc(-c2nc(C(=O)Nc3ccccc3Sc3nncs3)cs2)cc1. The Morgan fingerprint density at radius 3 is 2.72 bits per heavy atom. The molecular weight excluding hydrogens is 424 g/mol. The lowest BCUT2D eigenvalue weighted by atomic mass is 10.2. The Morgan fingerprint density at radius 2 is 1.97 bits per heavy atom. The van der Waals surface area contributed by atoms with Gasteiger partial charge in [-0.15, -0.1) is 21.5 Å². The van der Waals surface area contributed by atoms with Gasteiger partial charge in [0.2, 0.25) is 0 Å². The van der Waals surface area contributed by atoms with Crippen LogP contribution in [0.3, 0.4) is 0 Å². The standard InChI is InChI=1S/C20H16N4O2S3/c1-2-26-14-9-7-13(8-10-14)19-23-16(11-27-19)18(25)22-15-5-3-4-6-17(15)29-20-24-21-12-28-20/h3-12H,2H2,1H3,(H,22,25). The monoisotopic (exact) mass is 440 g/mol. The molecule has 0 atom stereocenters. The van der Waals surface area contributed by atoms with Gasteiger partial charge in [0.25, 0.3) is 5.91 Å². The van der Waals surface area contributed by atoms with Crippen molar-refractivity contribution in [3.05, 3.63) is 65.1 Å². The van der Waals surface area contributed by atoms with Crippen LogP contribution in [0.5, 0.6) is 5.75 Å². The fourth-order valence-corrected chi connectivity index (χ4v) is 4.85. The van der Waals surface area contributed by atoms with Gasteiger partial charge in [0.15, 0.2) is 4.34 Å². The molecule has 1 amide bonds. The molecule has 0 aliphatic carbocycles. The zero-order valence-electron chi connectivity index (χ0n) is 15.4. The number of nitrogens with zero attached hydrogens (tertiary/aromatic N) is 3. The summed E-state index contributed by atoms with van der Waals surface area (Å²) in [6.45, 7) is 2.57. The number of carbonyl (C=O) groups is 1. The summed E-state index contributed by atoms with van der Waals surface area (Å²) >= 11 is 4.36. The fourth-order valence-electron chi connectivity index (χ4n) is 2.52. The second kappa shape index (κ2) is 9.17. The van der Waals surface area contributed by atoms with E-state index >= 15 is 0 Å². The molecule has 0 fully saturated rings. The molecule has 9 heteroatoms. The third-order valence-electron chi connectivity index (χ3n) is 3.82. The molecule has 0 aliphatic rings. The summed E-state index contributed by atoms with van der Waals surface area (Å²) in [6, 6.07) is 15.3. The van der Waals surface area contributed by atoms with E-state index in [9.17, 15) is 4.79 Å². The smallest absolute Gasteiger partial charge is 0.275 e. The highest BCUT2D eigenvalue weighted by molar-refractivity contribution is 8.01. The average molecular weight is 441 g/mol. The van der Waals surface area contributed by atoms with Gasteiger partial charge in [-0.2, -0.15) is 0 Å². The average Bonchev–Trinajstić information content (AvgIpc) is 3.43. The topological polar surface area (TPSA) is 77.0 Å². The normalized spacial score (nSPS) is 10.7. The Kier molecular flexibility index (Phi) is 6.18. The molecule has 4 aromatic rings. The number of aromatic nitrogens is 3. The number of hydrogen-bond acceptors (Lipinski definition) is 8. The van der Waals surface area contributed by atoms with Crippen LogP contribution < -0.4 is 10.1 Å². The molecule has 6 nitrogen and oxygen atoms in total. The van der Waals surface area contributed by atoms with E-state index in [4.69, 9.17) is 4.74 Å². The zero-order valence-corrected chi connectivity index (χ0v) is 17.8. The van der Waals surface area contributed by atoms with E-state index in [0.29, 0.717) is 18.0 Å². The number of amides is 1. The first-order chi connectivity index (χ1) is 14.2. The highest BCUT2D eigenvalue weighted by Gasteiger charge is 2.15. The Balaban J connectivity index is 1.49. The molecule has 2 aromatic carbocycles. The first-order valence-corrected chi connectivity index (χ1v) is 11.3. The molecule has 2 heterocycles. The summed E-state index contributed by atoms with van der Waals surface area (Å²) in [5.74, 6) is 0.569.